The van der Waals surface area contributed by atoms with Crippen LogP contribution in [0, 0.1) is 5.92 Å². The van der Waals surface area contributed by atoms with E-state index in [9.17, 15) is 0 Å². The molecule has 2 heterocycles. The van der Waals surface area contributed by atoms with Gasteiger partial charge in [-0.05, 0) is 69.3 Å². The van der Waals surface area contributed by atoms with Crippen molar-refractivity contribution >= 4 is 21.5 Å². The Hall–Kier alpha value is -2.50. The zero-order valence-electron chi connectivity index (χ0n) is 19.9. The molecule has 0 radical (unpaired) electrons. The molecule has 5 rings (SSSR count). The van der Waals surface area contributed by atoms with E-state index in [-0.39, 0.29) is 0 Å². The molecule has 5 nitrogen and oxygen atoms in total. The van der Waals surface area contributed by atoms with Crippen molar-refractivity contribution in [2.45, 2.75) is 32.9 Å². The van der Waals surface area contributed by atoms with E-state index in [1.165, 1.54) is 39.2 Å². The molecule has 1 saturated heterocycles. The topological polar surface area (TPSA) is 34.2 Å². The number of piperazine rings is 1. The second kappa shape index (κ2) is 8.45. The highest BCUT2D eigenvalue weighted by atomic mass is 16.5. The molecule has 3 aromatic rings. The first kappa shape index (κ1) is 21.4. The lowest BCUT2D eigenvalue weighted by Gasteiger charge is -2.45. The predicted molar refractivity (Wildman–Crippen MR) is 130 cm³/mol. The molecule has 32 heavy (non-hydrogen) atoms. The minimum atomic E-state index is 0.557. The number of ether oxygens (including phenoxy) is 3. The van der Waals surface area contributed by atoms with E-state index in [0.717, 1.165) is 49.8 Å². The maximum absolute atomic E-state index is 5.69. The van der Waals surface area contributed by atoms with Crippen LogP contribution >= 0.6 is 0 Å². The Morgan fingerprint density at radius 2 is 1.56 bits per heavy atom. The highest BCUT2D eigenvalue weighted by Gasteiger charge is 2.33. The molecule has 3 aromatic carbocycles. The Kier molecular flexibility index (Phi) is 5.64. The van der Waals surface area contributed by atoms with Gasteiger partial charge in [0.05, 0.1) is 21.3 Å². The summed E-state index contributed by atoms with van der Waals surface area (Å²) in [6.45, 7) is 10.3. The Labute approximate surface area is 190 Å². The highest BCUT2D eigenvalue weighted by molar-refractivity contribution is 6.12. The van der Waals surface area contributed by atoms with Crippen molar-refractivity contribution in [1.82, 2.24) is 9.80 Å². The lowest BCUT2D eigenvalue weighted by Crippen LogP contribution is -2.55. The van der Waals surface area contributed by atoms with Gasteiger partial charge in [-0.15, -0.1) is 0 Å². The van der Waals surface area contributed by atoms with Crippen LogP contribution in [0.3, 0.4) is 0 Å². The van der Waals surface area contributed by atoms with Gasteiger partial charge in [-0.1, -0.05) is 19.9 Å². The van der Waals surface area contributed by atoms with Crippen LogP contribution in [0.2, 0.25) is 0 Å². The maximum atomic E-state index is 5.69. The van der Waals surface area contributed by atoms with Gasteiger partial charge in [-0.25, -0.2) is 0 Å². The van der Waals surface area contributed by atoms with Crippen LogP contribution in [0.15, 0.2) is 30.3 Å². The largest absolute Gasteiger partial charge is 0.497 e. The van der Waals surface area contributed by atoms with E-state index < -0.39 is 0 Å². The quantitative estimate of drug-likeness (QED) is 0.543. The van der Waals surface area contributed by atoms with Crippen molar-refractivity contribution in [3.63, 3.8) is 0 Å². The van der Waals surface area contributed by atoms with E-state index >= 15 is 0 Å². The average Bonchev–Trinajstić information content (AvgIpc) is 2.81. The van der Waals surface area contributed by atoms with Crippen LogP contribution in [0.4, 0.5) is 0 Å². The van der Waals surface area contributed by atoms with Crippen molar-refractivity contribution in [2.24, 2.45) is 5.92 Å². The number of nitrogens with zero attached hydrogens (tertiary/aromatic N) is 2. The van der Waals surface area contributed by atoms with E-state index in [4.69, 9.17) is 14.2 Å². The van der Waals surface area contributed by atoms with Crippen LogP contribution in [0.5, 0.6) is 17.2 Å². The lowest BCUT2D eigenvalue weighted by atomic mass is 9.84. The standard InChI is InChI=1S/C27H34N2O3/c1-17(2)14-28-8-9-29-16-25-20-7-6-19(30-3)11-22(20)24-13-27(32-5)26(31-4)12-23(24)21(25)10-18(29)15-28/h6-7,11-13,17-18H,8-10,14-16H2,1-5H3/t18-/m1/s1. The monoisotopic (exact) mass is 434 g/mol. The molecule has 1 atom stereocenters. The number of methoxy groups -OCH3 is 3. The summed E-state index contributed by atoms with van der Waals surface area (Å²) in [5.74, 6) is 3.14. The predicted octanol–water partition coefficient (Wildman–Crippen LogP) is 4.72. The molecule has 2 aliphatic heterocycles. The fourth-order valence-corrected chi connectivity index (χ4v) is 5.71. The Balaban J connectivity index is 1.69. The van der Waals surface area contributed by atoms with E-state index in [1.54, 1.807) is 21.3 Å². The van der Waals surface area contributed by atoms with Crippen LogP contribution in [0.1, 0.15) is 25.0 Å². The summed E-state index contributed by atoms with van der Waals surface area (Å²) in [5, 5.41) is 5.03. The maximum Gasteiger partial charge on any atom is 0.161 e. The van der Waals surface area contributed by atoms with E-state index in [2.05, 4.69) is 54.0 Å². The van der Waals surface area contributed by atoms with Gasteiger partial charge < -0.3 is 19.1 Å². The van der Waals surface area contributed by atoms with Gasteiger partial charge in [0.1, 0.15) is 5.75 Å². The summed E-state index contributed by atoms with van der Waals surface area (Å²) >= 11 is 0. The zero-order chi connectivity index (χ0) is 22.4. The van der Waals surface area contributed by atoms with Gasteiger partial charge in [0.25, 0.3) is 0 Å². The van der Waals surface area contributed by atoms with Gasteiger partial charge in [-0.2, -0.15) is 0 Å². The van der Waals surface area contributed by atoms with E-state index in [0.29, 0.717) is 12.0 Å². The molecule has 1 fully saturated rings. The van der Waals surface area contributed by atoms with Crippen LogP contribution < -0.4 is 14.2 Å². The van der Waals surface area contributed by atoms with Crippen molar-refractivity contribution in [3.8, 4) is 17.2 Å². The average molecular weight is 435 g/mol. The smallest absolute Gasteiger partial charge is 0.161 e. The number of hydrogen-bond acceptors (Lipinski definition) is 5. The number of benzene rings is 3. The Bertz CT molecular complexity index is 1160. The molecule has 0 saturated carbocycles. The molecule has 0 aliphatic carbocycles. The van der Waals surface area contributed by atoms with Crippen molar-refractivity contribution in [3.05, 3.63) is 41.5 Å². The normalized spacial score (nSPS) is 19.2. The highest BCUT2D eigenvalue weighted by Crippen LogP contribution is 2.43. The van der Waals surface area contributed by atoms with Gasteiger partial charge in [0, 0.05) is 38.8 Å². The molecule has 0 spiro atoms. The fraction of sp³-hybridized carbons (Fsp3) is 0.481. The molecule has 170 valence electrons. The van der Waals surface area contributed by atoms with Crippen LogP contribution in [-0.2, 0) is 13.0 Å². The second-order valence-electron chi connectivity index (χ2n) is 9.60. The third-order valence-corrected chi connectivity index (χ3v) is 7.17. The van der Waals surface area contributed by atoms with Gasteiger partial charge in [0.15, 0.2) is 11.5 Å². The SMILES string of the molecule is COc1ccc2c3c(c4cc(OC)c(OC)cc4c2c1)C[C@@H]1CN(CC(C)C)CCN1C3. The first-order valence-electron chi connectivity index (χ1n) is 11.7. The molecule has 5 heteroatoms. The summed E-state index contributed by atoms with van der Waals surface area (Å²) in [6, 6.07) is 11.4. The minimum Gasteiger partial charge on any atom is -0.497 e. The first-order chi connectivity index (χ1) is 15.5. The van der Waals surface area contributed by atoms with Gasteiger partial charge in [0.2, 0.25) is 0 Å². The second-order valence-corrected chi connectivity index (χ2v) is 9.60. The third kappa shape index (κ3) is 3.57. The summed E-state index contributed by atoms with van der Waals surface area (Å²) in [5.41, 5.74) is 2.92. The molecule has 2 aliphatic rings. The minimum absolute atomic E-state index is 0.557. The number of hydrogen-bond donors (Lipinski definition) is 0. The molecule has 0 unspecified atom stereocenters. The van der Waals surface area contributed by atoms with Crippen molar-refractivity contribution < 1.29 is 14.2 Å². The van der Waals surface area contributed by atoms with Crippen LogP contribution in [0.25, 0.3) is 21.5 Å². The zero-order valence-corrected chi connectivity index (χ0v) is 19.9. The Morgan fingerprint density at radius 3 is 2.25 bits per heavy atom. The fourth-order valence-electron chi connectivity index (χ4n) is 5.71. The molecular weight excluding hydrogens is 400 g/mol. The molecule has 0 bridgehead atoms. The van der Waals surface area contributed by atoms with Crippen molar-refractivity contribution in [2.75, 3.05) is 47.5 Å². The summed E-state index contributed by atoms with van der Waals surface area (Å²) in [7, 11) is 5.15. The Morgan fingerprint density at radius 1 is 0.844 bits per heavy atom. The summed E-state index contributed by atoms with van der Waals surface area (Å²) < 4.78 is 16.9. The summed E-state index contributed by atoms with van der Waals surface area (Å²) in [6.07, 6.45) is 1.07. The van der Waals surface area contributed by atoms with Gasteiger partial charge >= 0.3 is 0 Å². The lowest BCUT2D eigenvalue weighted by molar-refractivity contribution is 0.0555. The molecule has 0 N–H and O–H groups in total. The molecular formula is C27H34N2O3. The van der Waals surface area contributed by atoms with E-state index in [1.807, 2.05) is 0 Å². The third-order valence-electron chi connectivity index (χ3n) is 7.17. The first-order valence-corrected chi connectivity index (χ1v) is 11.7. The number of fused-ring (bicyclic) bond motifs is 7. The summed E-state index contributed by atoms with van der Waals surface area (Å²) in [4.78, 5) is 5.34. The number of rotatable bonds is 5. The van der Waals surface area contributed by atoms with Crippen molar-refractivity contribution in [1.29, 1.82) is 0 Å². The van der Waals surface area contributed by atoms with Crippen LogP contribution in [-0.4, -0.2) is 63.4 Å². The van der Waals surface area contributed by atoms with Gasteiger partial charge in [-0.3, -0.25) is 4.90 Å². The molecule has 0 aromatic heterocycles. The molecule has 0 amide bonds.